The Morgan fingerprint density at radius 2 is 1.33 bits per heavy atom. The van der Waals surface area contributed by atoms with Crippen LogP contribution < -0.4 is 0 Å². The molecule has 5 nitrogen and oxygen atoms in total. The van der Waals surface area contributed by atoms with Crippen LogP contribution in [0.2, 0.25) is 0 Å². The van der Waals surface area contributed by atoms with E-state index in [0.29, 0.717) is 0 Å². The van der Waals surface area contributed by atoms with Crippen molar-refractivity contribution in [2.75, 3.05) is 7.05 Å². The SMILES string of the molecule is C[C@H](C(=O)O)N(C)[C@H](C)C(=O)O. The number of nitrogens with zero attached hydrogens (tertiary/aromatic N) is 1. The molecule has 2 N–H and O–H groups in total. The van der Waals surface area contributed by atoms with Gasteiger partial charge in [0.1, 0.15) is 12.1 Å². The molecule has 0 saturated heterocycles. The fourth-order valence-corrected chi connectivity index (χ4v) is 0.684. The van der Waals surface area contributed by atoms with E-state index in [2.05, 4.69) is 0 Å². The number of rotatable bonds is 4. The number of hydrogen-bond acceptors (Lipinski definition) is 3. The first kappa shape index (κ1) is 10.9. The molecule has 0 spiro atoms. The summed E-state index contributed by atoms with van der Waals surface area (Å²) in [5.74, 6) is -2.05. The monoisotopic (exact) mass is 175 g/mol. The van der Waals surface area contributed by atoms with Gasteiger partial charge in [-0.25, -0.2) is 0 Å². The summed E-state index contributed by atoms with van der Waals surface area (Å²) in [6.45, 7) is 2.89. The van der Waals surface area contributed by atoms with Gasteiger partial charge in [-0.1, -0.05) is 0 Å². The van der Waals surface area contributed by atoms with Crippen molar-refractivity contribution >= 4 is 11.9 Å². The number of carboxylic acid groups (broad SMARTS) is 2. The van der Waals surface area contributed by atoms with Crippen LogP contribution in [0.3, 0.4) is 0 Å². The molecule has 0 aromatic carbocycles. The lowest BCUT2D eigenvalue weighted by molar-refractivity contribution is -0.148. The lowest BCUT2D eigenvalue weighted by atomic mass is 10.2. The Morgan fingerprint density at radius 3 is 1.50 bits per heavy atom. The van der Waals surface area contributed by atoms with Crippen molar-refractivity contribution in [1.29, 1.82) is 0 Å². The van der Waals surface area contributed by atoms with Crippen LogP contribution in [-0.2, 0) is 9.59 Å². The second kappa shape index (κ2) is 4.06. The first-order valence-corrected chi connectivity index (χ1v) is 3.55. The van der Waals surface area contributed by atoms with E-state index in [1.807, 2.05) is 0 Å². The minimum Gasteiger partial charge on any atom is -0.480 e. The highest BCUT2D eigenvalue weighted by atomic mass is 16.4. The highest BCUT2D eigenvalue weighted by Gasteiger charge is 2.25. The molecule has 0 bridgehead atoms. The van der Waals surface area contributed by atoms with Gasteiger partial charge < -0.3 is 10.2 Å². The molecule has 0 aliphatic heterocycles. The summed E-state index contributed by atoms with van der Waals surface area (Å²) in [5.41, 5.74) is 0. The Kier molecular flexibility index (Phi) is 3.69. The third-order valence-corrected chi connectivity index (χ3v) is 1.94. The molecule has 0 unspecified atom stereocenters. The molecule has 0 rings (SSSR count). The zero-order chi connectivity index (χ0) is 9.89. The second-order valence-electron chi connectivity index (χ2n) is 2.69. The van der Waals surface area contributed by atoms with Crippen molar-refractivity contribution in [2.45, 2.75) is 25.9 Å². The second-order valence-corrected chi connectivity index (χ2v) is 2.69. The van der Waals surface area contributed by atoms with Crippen LogP contribution in [-0.4, -0.2) is 46.2 Å². The van der Waals surface area contributed by atoms with Gasteiger partial charge in [-0.3, -0.25) is 14.5 Å². The third-order valence-electron chi connectivity index (χ3n) is 1.94. The first-order valence-electron chi connectivity index (χ1n) is 3.55. The van der Waals surface area contributed by atoms with E-state index in [1.165, 1.54) is 25.8 Å². The Hall–Kier alpha value is -1.10. The van der Waals surface area contributed by atoms with E-state index in [1.54, 1.807) is 0 Å². The van der Waals surface area contributed by atoms with Crippen molar-refractivity contribution in [1.82, 2.24) is 4.90 Å². The van der Waals surface area contributed by atoms with Crippen LogP contribution in [0, 0.1) is 0 Å². The zero-order valence-electron chi connectivity index (χ0n) is 7.31. The van der Waals surface area contributed by atoms with Gasteiger partial charge in [-0.15, -0.1) is 0 Å². The van der Waals surface area contributed by atoms with Gasteiger partial charge in [0.05, 0.1) is 0 Å². The molecular weight excluding hydrogens is 162 g/mol. The Labute approximate surface area is 70.6 Å². The molecule has 2 atom stereocenters. The minimum atomic E-state index is -1.02. The molecule has 0 heterocycles. The van der Waals surface area contributed by atoms with Crippen LogP contribution in [0.4, 0.5) is 0 Å². The zero-order valence-corrected chi connectivity index (χ0v) is 7.31. The van der Waals surface area contributed by atoms with Crippen molar-refractivity contribution in [3.05, 3.63) is 0 Å². The average molecular weight is 175 g/mol. The van der Waals surface area contributed by atoms with Gasteiger partial charge in [0, 0.05) is 0 Å². The normalized spacial score (nSPS) is 15.7. The maximum Gasteiger partial charge on any atom is 0.320 e. The van der Waals surface area contributed by atoms with E-state index in [0.717, 1.165) is 0 Å². The highest BCUT2D eigenvalue weighted by molar-refractivity contribution is 5.76. The third kappa shape index (κ3) is 2.50. The largest absolute Gasteiger partial charge is 0.480 e. The Balaban J connectivity index is 4.28. The predicted octanol–water partition coefficient (Wildman–Crippen LogP) is -0.136. The van der Waals surface area contributed by atoms with Gasteiger partial charge >= 0.3 is 11.9 Å². The molecular formula is C7H13NO4. The fourth-order valence-electron chi connectivity index (χ4n) is 0.684. The quantitative estimate of drug-likeness (QED) is 0.622. The Morgan fingerprint density at radius 1 is 1.08 bits per heavy atom. The standard InChI is InChI=1S/C7H13NO4/c1-4(6(9)10)8(3)5(2)7(11)12/h4-5H,1-3H3,(H,9,10)(H,11,12)/t4-,5-/m1/s1. The van der Waals surface area contributed by atoms with E-state index in [9.17, 15) is 9.59 Å². The average Bonchev–Trinajstić information content (AvgIpc) is 2.00. The van der Waals surface area contributed by atoms with Crippen LogP contribution in [0.25, 0.3) is 0 Å². The summed E-state index contributed by atoms with van der Waals surface area (Å²) in [4.78, 5) is 22.1. The summed E-state index contributed by atoms with van der Waals surface area (Å²) in [5, 5.41) is 17.1. The van der Waals surface area contributed by atoms with Crippen molar-refractivity contribution in [2.24, 2.45) is 0 Å². The summed E-state index contributed by atoms with van der Waals surface area (Å²) in [7, 11) is 1.47. The summed E-state index contributed by atoms with van der Waals surface area (Å²) >= 11 is 0. The highest BCUT2D eigenvalue weighted by Crippen LogP contribution is 2.02. The van der Waals surface area contributed by atoms with Gasteiger partial charge in [-0.2, -0.15) is 0 Å². The molecule has 0 aliphatic carbocycles. The number of carbonyl (C=O) groups is 2. The molecule has 0 radical (unpaired) electrons. The first-order chi connectivity index (χ1) is 5.37. The van der Waals surface area contributed by atoms with Gasteiger partial charge in [0.15, 0.2) is 0 Å². The summed E-state index contributed by atoms with van der Waals surface area (Å²) < 4.78 is 0. The lowest BCUT2D eigenvalue weighted by Crippen LogP contribution is -2.45. The maximum absolute atomic E-state index is 10.4. The van der Waals surface area contributed by atoms with Gasteiger partial charge in [0.2, 0.25) is 0 Å². The van der Waals surface area contributed by atoms with Gasteiger partial charge in [-0.05, 0) is 20.9 Å². The van der Waals surface area contributed by atoms with Crippen LogP contribution in [0.5, 0.6) is 0 Å². The predicted molar refractivity (Wildman–Crippen MR) is 42.0 cm³/mol. The van der Waals surface area contributed by atoms with Crippen LogP contribution >= 0.6 is 0 Å². The molecule has 0 aromatic rings. The number of hydrogen-bond donors (Lipinski definition) is 2. The molecule has 70 valence electrons. The minimum absolute atomic E-state index is 0.781. The van der Waals surface area contributed by atoms with E-state index in [-0.39, 0.29) is 0 Å². The molecule has 12 heavy (non-hydrogen) atoms. The number of aliphatic carboxylic acids is 2. The van der Waals surface area contributed by atoms with Crippen molar-refractivity contribution in [3.8, 4) is 0 Å². The van der Waals surface area contributed by atoms with Gasteiger partial charge in [0.25, 0.3) is 0 Å². The smallest absolute Gasteiger partial charge is 0.320 e. The Bertz CT molecular complexity index is 172. The molecule has 5 heteroatoms. The van der Waals surface area contributed by atoms with Crippen molar-refractivity contribution < 1.29 is 19.8 Å². The lowest BCUT2D eigenvalue weighted by Gasteiger charge is -2.24. The number of likely N-dealkylation sites (N-methyl/N-ethyl adjacent to an activating group) is 1. The number of carboxylic acids is 2. The van der Waals surface area contributed by atoms with Crippen LogP contribution in [0.15, 0.2) is 0 Å². The van der Waals surface area contributed by atoms with Crippen molar-refractivity contribution in [3.63, 3.8) is 0 Å². The summed E-state index contributed by atoms with van der Waals surface area (Å²) in [6.07, 6.45) is 0. The molecule has 0 fully saturated rings. The molecule has 0 amide bonds. The molecule has 0 aromatic heterocycles. The molecule has 0 aliphatic rings. The topological polar surface area (TPSA) is 77.8 Å². The fraction of sp³-hybridized carbons (Fsp3) is 0.714. The van der Waals surface area contributed by atoms with Crippen LogP contribution in [0.1, 0.15) is 13.8 Å². The van der Waals surface area contributed by atoms with E-state index >= 15 is 0 Å². The molecule has 0 saturated carbocycles. The summed E-state index contributed by atoms with van der Waals surface area (Å²) in [6, 6.07) is -1.56. The van der Waals surface area contributed by atoms with E-state index in [4.69, 9.17) is 10.2 Å². The maximum atomic E-state index is 10.4. The van der Waals surface area contributed by atoms with E-state index < -0.39 is 24.0 Å².